The number of hydrogen-bond donors (Lipinski definition) is 0. The van der Waals surface area contributed by atoms with Crippen molar-refractivity contribution >= 4 is 0 Å². The van der Waals surface area contributed by atoms with Crippen molar-refractivity contribution in [1.29, 1.82) is 0 Å². The number of piperazine rings is 3. The molecule has 0 aromatic heterocycles. The van der Waals surface area contributed by atoms with Crippen LogP contribution in [-0.2, 0) is 6.54 Å². The molecule has 1 aromatic carbocycles. The summed E-state index contributed by atoms with van der Waals surface area (Å²) in [6.07, 6.45) is 0. The fourth-order valence-electron chi connectivity index (χ4n) is 3.05. The molecule has 3 aliphatic heterocycles. The summed E-state index contributed by atoms with van der Waals surface area (Å²) in [6.45, 7) is 6.22. The molecule has 0 amide bonds. The number of nitrogens with zero attached hydrogens (tertiary/aromatic N) is 2. The van der Waals surface area contributed by atoms with Crippen molar-refractivity contribution in [2.75, 3.05) is 39.3 Å². The Morgan fingerprint density at radius 1 is 1.00 bits per heavy atom. The van der Waals surface area contributed by atoms with Crippen molar-refractivity contribution in [3.8, 4) is 0 Å². The number of quaternary nitrogens is 1. The minimum absolute atomic E-state index is 0.169. The molecule has 0 atom stereocenters. The first kappa shape index (κ1) is 12.0. The molecule has 0 N–H and O–H groups in total. The lowest BCUT2D eigenvalue weighted by Crippen LogP contribution is -2.66. The van der Waals surface area contributed by atoms with Gasteiger partial charge < -0.3 is 4.48 Å². The summed E-state index contributed by atoms with van der Waals surface area (Å²) < 4.78 is 40.8. The van der Waals surface area contributed by atoms with Gasteiger partial charge in [-0.3, -0.25) is 4.90 Å². The molecule has 0 unspecified atom stereocenters. The van der Waals surface area contributed by atoms with E-state index in [0.717, 1.165) is 49.8 Å². The maximum atomic E-state index is 13.7. The van der Waals surface area contributed by atoms with Crippen LogP contribution < -0.4 is 0 Å². The number of fused-ring (bicyclic) bond motifs is 3. The fraction of sp³-hybridized carbons (Fsp3) is 0.538. The monoisotopic (exact) mass is 257 g/mol. The molecule has 2 nitrogen and oxygen atoms in total. The minimum atomic E-state index is -1.08. The molecule has 98 valence electrons. The van der Waals surface area contributed by atoms with Crippen LogP contribution in [0.4, 0.5) is 13.2 Å². The van der Waals surface area contributed by atoms with Gasteiger partial charge in [-0.05, 0) is 6.07 Å². The molecule has 0 spiro atoms. The van der Waals surface area contributed by atoms with Crippen LogP contribution in [0, 0.1) is 17.5 Å². The van der Waals surface area contributed by atoms with Gasteiger partial charge in [0.2, 0.25) is 0 Å². The lowest BCUT2D eigenvalue weighted by Gasteiger charge is -2.50. The molecule has 3 saturated heterocycles. The Morgan fingerprint density at radius 2 is 1.61 bits per heavy atom. The van der Waals surface area contributed by atoms with E-state index in [1.165, 1.54) is 0 Å². The van der Waals surface area contributed by atoms with Gasteiger partial charge in [0.1, 0.15) is 12.4 Å². The Balaban J connectivity index is 1.88. The third-order valence-corrected chi connectivity index (χ3v) is 4.25. The van der Waals surface area contributed by atoms with Gasteiger partial charge in [-0.2, -0.15) is 0 Å². The molecule has 3 heterocycles. The topological polar surface area (TPSA) is 3.24 Å². The van der Waals surface area contributed by atoms with Gasteiger partial charge in [-0.15, -0.1) is 0 Å². The smallest absolute Gasteiger partial charge is 0.167 e. The van der Waals surface area contributed by atoms with E-state index < -0.39 is 17.5 Å². The van der Waals surface area contributed by atoms with Crippen molar-refractivity contribution in [2.45, 2.75) is 6.54 Å². The van der Waals surface area contributed by atoms with E-state index in [1.54, 1.807) is 0 Å². The van der Waals surface area contributed by atoms with E-state index >= 15 is 0 Å². The molecule has 1 aromatic rings. The highest BCUT2D eigenvalue weighted by molar-refractivity contribution is 5.19. The fourth-order valence-corrected chi connectivity index (χ4v) is 3.05. The van der Waals surface area contributed by atoms with Crippen molar-refractivity contribution < 1.29 is 17.7 Å². The summed E-state index contributed by atoms with van der Waals surface area (Å²) >= 11 is 0. The van der Waals surface area contributed by atoms with Crippen LogP contribution in [0.15, 0.2) is 12.1 Å². The molecule has 5 heteroatoms. The molecule has 3 fully saturated rings. The van der Waals surface area contributed by atoms with Gasteiger partial charge in [-0.25, -0.2) is 13.2 Å². The Bertz CT molecular complexity index is 454. The molecule has 18 heavy (non-hydrogen) atoms. The van der Waals surface area contributed by atoms with Gasteiger partial charge in [0, 0.05) is 31.3 Å². The SMILES string of the molecule is Fc1cc(F)c(F)c(C[N+]23CCN(CC2)CC3)c1. The highest BCUT2D eigenvalue weighted by Gasteiger charge is 2.39. The van der Waals surface area contributed by atoms with Crippen molar-refractivity contribution in [3.63, 3.8) is 0 Å². The average molecular weight is 257 g/mol. The van der Waals surface area contributed by atoms with E-state index in [1.807, 2.05) is 0 Å². The minimum Gasteiger partial charge on any atom is -0.317 e. The van der Waals surface area contributed by atoms with E-state index in [9.17, 15) is 13.2 Å². The quantitative estimate of drug-likeness (QED) is 0.576. The van der Waals surface area contributed by atoms with Crippen LogP contribution in [0.25, 0.3) is 0 Å². The van der Waals surface area contributed by atoms with E-state index in [0.29, 0.717) is 12.6 Å². The maximum absolute atomic E-state index is 13.7. The highest BCUT2D eigenvalue weighted by Crippen LogP contribution is 2.25. The maximum Gasteiger partial charge on any atom is 0.167 e. The third-order valence-electron chi connectivity index (χ3n) is 4.25. The largest absolute Gasteiger partial charge is 0.317 e. The zero-order valence-corrected chi connectivity index (χ0v) is 10.1. The standard InChI is InChI=1S/C13H16F3N2/c14-11-7-10(13(16)12(15)8-11)9-18-4-1-17(2-5-18)3-6-18/h7-8H,1-6,9H2/q+1. The molecule has 3 aliphatic rings. The Labute approximate surface area is 104 Å². The Kier molecular flexibility index (Phi) is 2.83. The van der Waals surface area contributed by atoms with Crippen molar-refractivity contribution in [3.05, 3.63) is 35.1 Å². The van der Waals surface area contributed by atoms with Gasteiger partial charge >= 0.3 is 0 Å². The molecule has 4 rings (SSSR count). The molecule has 2 bridgehead atoms. The van der Waals surface area contributed by atoms with Gasteiger partial charge in [0.15, 0.2) is 11.6 Å². The number of hydrogen-bond acceptors (Lipinski definition) is 1. The normalized spacial score (nSPS) is 30.7. The molecule has 0 radical (unpaired) electrons. The van der Waals surface area contributed by atoms with Crippen LogP contribution in [0.3, 0.4) is 0 Å². The van der Waals surface area contributed by atoms with Crippen LogP contribution in [0.2, 0.25) is 0 Å². The predicted octanol–water partition coefficient (Wildman–Crippen LogP) is 1.75. The number of benzene rings is 1. The summed E-state index contributed by atoms with van der Waals surface area (Å²) in [5.74, 6) is -2.67. The van der Waals surface area contributed by atoms with Crippen LogP contribution >= 0.6 is 0 Å². The predicted molar refractivity (Wildman–Crippen MR) is 61.3 cm³/mol. The van der Waals surface area contributed by atoms with Gasteiger partial charge in [-0.1, -0.05) is 0 Å². The third kappa shape index (κ3) is 2.01. The summed E-state index contributed by atoms with van der Waals surface area (Å²) in [6, 6.07) is 1.74. The average Bonchev–Trinajstić information content (AvgIpc) is 2.37. The van der Waals surface area contributed by atoms with E-state index in [4.69, 9.17) is 0 Å². The molecular formula is C13H16F3N2+. The summed E-state index contributed by atoms with van der Waals surface area (Å²) in [5, 5.41) is 0. The second kappa shape index (κ2) is 4.24. The van der Waals surface area contributed by atoms with E-state index in [-0.39, 0.29) is 5.56 Å². The lowest BCUT2D eigenvalue weighted by molar-refractivity contribution is -0.953. The molecule has 0 saturated carbocycles. The second-order valence-corrected chi connectivity index (χ2v) is 5.37. The zero-order chi connectivity index (χ0) is 12.8. The van der Waals surface area contributed by atoms with Crippen LogP contribution in [0.5, 0.6) is 0 Å². The van der Waals surface area contributed by atoms with Crippen molar-refractivity contribution in [1.82, 2.24) is 4.90 Å². The van der Waals surface area contributed by atoms with Crippen molar-refractivity contribution in [2.24, 2.45) is 0 Å². The summed E-state index contributed by atoms with van der Waals surface area (Å²) in [4.78, 5) is 2.38. The first-order valence-corrected chi connectivity index (χ1v) is 6.29. The molecule has 0 aliphatic carbocycles. The Hall–Kier alpha value is -1.07. The van der Waals surface area contributed by atoms with Gasteiger partial charge in [0.25, 0.3) is 0 Å². The first-order chi connectivity index (χ1) is 8.58. The van der Waals surface area contributed by atoms with Crippen LogP contribution in [0.1, 0.15) is 5.56 Å². The first-order valence-electron chi connectivity index (χ1n) is 6.29. The van der Waals surface area contributed by atoms with Gasteiger partial charge in [0.05, 0.1) is 19.6 Å². The highest BCUT2D eigenvalue weighted by atomic mass is 19.2. The zero-order valence-electron chi connectivity index (χ0n) is 10.1. The number of rotatable bonds is 2. The summed E-state index contributed by atoms with van der Waals surface area (Å²) in [5.41, 5.74) is 0.169. The van der Waals surface area contributed by atoms with Crippen LogP contribution in [-0.4, -0.2) is 48.7 Å². The second-order valence-electron chi connectivity index (χ2n) is 5.37. The van der Waals surface area contributed by atoms with E-state index in [2.05, 4.69) is 4.90 Å². The Morgan fingerprint density at radius 3 is 2.22 bits per heavy atom. The number of halogens is 3. The molecular weight excluding hydrogens is 241 g/mol. The summed E-state index contributed by atoms with van der Waals surface area (Å²) in [7, 11) is 0. The lowest BCUT2D eigenvalue weighted by atomic mass is 10.1.